The number of benzene rings is 1. The molecule has 3 N–H and O–H groups in total. The number of imidazole rings is 1. The van der Waals surface area contributed by atoms with Crippen molar-refractivity contribution in [3.05, 3.63) is 57.5 Å². The smallest absolute Gasteiger partial charge is 0.254 e. The van der Waals surface area contributed by atoms with Gasteiger partial charge in [0.25, 0.3) is 5.56 Å². The fourth-order valence-electron chi connectivity index (χ4n) is 3.74. The molecule has 0 radical (unpaired) electrons. The molecule has 1 atom stereocenters. The lowest BCUT2D eigenvalue weighted by atomic mass is 9.99. The van der Waals surface area contributed by atoms with E-state index in [1.54, 1.807) is 6.92 Å². The van der Waals surface area contributed by atoms with Gasteiger partial charge < -0.3 is 15.3 Å². The number of fused-ring (bicyclic) bond motifs is 2. The van der Waals surface area contributed by atoms with Crippen molar-refractivity contribution >= 4 is 16.9 Å². The summed E-state index contributed by atoms with van der Waals surface area (Å²) in [4.78, 5) is 39.7. The van der Waals surface area contributed by atoms with Gasteiger partial charge in [-0.25, -0.2) is 9.97 Å². The maximum absolute atomic E-state index is 12.6. The minimum Gasteiger partial charge on any atom is -0.355 e. The molecule has 0 saturated heterocycles. The van der Waals surface area contributed by atoms with Crippen molar-refractivity contribution in [3.8, 4) is 0 Å². The molecular weight excluding hydrogens is 342 g/mol. The van der Waals surface area contributed by atoms with Crippen LogP contribution in [0.2, 0.25) is 0 Å². The van der Waals surface area contributed by atoms with Gasteiger partial charge in [0.2, 0.25) is 5.91 Å². The monoisotopic (exact) mass is 365 g/mol. The van der Waals surface area contributed by atoms with Gasteiger partial charge in [-0.05, 0) is 44.7 Å². The normalized spacial score (nSPS) is 16.7. The van der Waals surface area contributed by atoms with E-state index in [0.29, 0.717) is 38.1 Å². The van der Waals surface area contributed by atoms with Gasteiger partial charge in [0.05, 0.1) is 16.7 Å². The number of amides is 1. The molecule has 3 aromatic rings. The van der Waals surface area contributed by atoms with E-state index in [0.717, 1.165) is 34.5 Å². The Kier molecular flexibility index (Phi) is 4.75. The number of hydrogen-bond acceptors (Lipinski definition) is 4. The molecule has 0 fully saturated rings. The molecule has 1 aliphatic rings. The first-order valence-electron chi connectivity index (χ1n) is 9.40. The summed E-state index contributed by atoms with van der Waals surface area (Å²) in [5, 5.41) is 3.02. The van der Waals surface area contributed by atoms with E-state index in [9.17, 15) is 9.59 Å². The number of aromatic nitrogens is 4. The Labute approximate surface area is 156 Å². The molecule has 0 aliphatic heterocycles. The fraction of sp³-hybridized carbons (Fsp3) is 0.400. The lowest BCUT2D eigenvalue weighted by molar-refractivity contribution is -0.125. The summed E-state index contributed by atoms with van der Waals surface area (Å²) in [7, 11) is 0. The van der Waals surface area contributed by atoms with Crippen LogP contribution in [0.25, 0.3) is 11.0 Å². The molecule has 27 heavy (non-hydrogen) atoms. The van der Waals surface area contributed by atoms with Crippen LogP contribution in [0.3, 0.4) is 0 Å². The highest BCUT2D eigenvalue weighted by atomic mass is 16.2. The number of hydrogen-bond donors (Lipinski definition) is 3. The Morgan fingerprint density at radius 3 is 2.85 bits per heavy atom. The second-order valence-electron chi connectivity index (χ2n) is 7.09. The van der Waals surface area contributed by atoms with Crippen LogP contribution >= 0.6 is 0 Å². The number of carbonyl (C=O) groups is 1. The van der Waals surface area contributed by atoms with Crippen LogP contribution in [0, 0.1) is 12.8 Å². The van der Waals surface area contributed by atoms with Gasteiger partial charge in [0, 0.05) is 24.4 Å². The van der Waals surface area contributed by atoms with Gasteiger partial charge in [-0.3, -0.25) is 9.59 Å². The van der Waals surface area contributed by atoms with Crippen molar-refractivity contribution in [3.63, 3.8) is 0 Å². The molecule has 1 amide bonds. The molecule has 140 valence electrons. The maximum atomic E-state index is 12.6. The third kappa shape index (κ3) is 3.77. The quantitative estimate of drug-likeness (QED) is 0.613. The Bertz CT molecular complexity index is 1000. The first-order chi connectivity index (χ1) is 13.1. The third-order valence-corrected chi connectivity index (χ3v) is 5.16. The zero-order chi connectivity index (χ0) is 18.8. The summed E-state index contributed by atoms with van der Waals surface area (Å²) < 4.78 is 0. The van der Waals surface area contributed by atoms with Crippen LogP contribution in [0.15, 0.2) is 29.1 Å². The van der Waals surface area contributed by atoms with Gasteiger partial charge in [-0.1, -0.05) is 12.1 Å². The summed E-state index contributed by atoms with van der Waals surface area (Å²) in [5.41, 5.74) is 3.46. The standard InChI is InChI=1S/C20H23N5O2/c1-12-22-15-9-7-13(6-8-14(15)20(27)23-12)19(26)21-11-10-18-24-16-4-2-3-5-17(16)25-18/h2-5,13H,6-11H2,1H3,(H,21,26)(H,24,25)(H,22,23,27). The van der Waals surface area contributed by atoms with E-state index >= 15 is 0 Å². The van der Waals surface area contributed by atoms with Gasteiger partial charge in [-0.2, -0.15) is 0 Å². The second kappa shape index (κ2) is 7.34. The maximum Gasteiger partial charge on any atom is 0.254 e. The fourth-order valence-corrected chi connectivity index (χ4v) is 3.74. The first kappa shape index (κ1) is 17.5. The minimum absolute atomic E-state index is 0.0482. The lowest BCUT2D eigenvalue weighted by Gasteiger charge is -2.13. The molecule has 2 heterocycles. The number of H-pyrrole nitrogens is 2. The van der Waals surface area contributed by atoms with Crippen LogP contribution in [0.1, 0.15) is 35.7 Å². The lowest BCUT2D eigenvalue weighted by Crippen LogP contribution is -2.32. The van der Waals surface area contributed by atoms with Crippen LogP contribution in [-0.4, -0.2) is 32.4 Å². The molecule has 1 aromatic carbocycles. The van der Waals surface area contributed by atoms with Crippen LogP contribution in [0.5, 0.6) is 0 Å². The zero-order valence-electron chi connectivity index (χ0n) is 15.3. The van der Waals surface area contributed by atoms with Crippen molar-refractivity contribution in [2.75, 3.05) is 6.54 Å². The Morgan fingerprint density at radius 2 is 2.00 bits per heavy atom. The number of nitrogens with zero attached hydrogens (tertiary/aromatic N) is 2. The molecule has 4 rings (SSSR count). The van der Waals surface area contributed by atoms with E-state index in [1.807, 2.05) is 24.3 Å². The predicted molar refractivity (Wildman–Crippen MR) is 103 cm³/mol. The second-order valence-corrected chi connectivity index (χ2v) is 7.09. The molecule has 1 unspecified atom stereocenters. The van der Waals surface area contributed by atoms with Crippen molar-refractivity contribution < 1.29 is 4.79 Å². The number of para-hydroxylation sites is 2. The molecule has 2 aromatic heterocycles. The third-order valence-electron chi connectivity index (χ3n) is 5.16. The minimum atomic E-state index is -0.0884. The molecule has 1 aliphatic carbocycles. The highest BCUT2D eigenvalue weighted by molar-refractivity contribution is 5.78. The van der Waals surface area contributed by atoms with Gasteiger partial charge in [-0.15, -0.1) is 0 Å². The van der Waals surface area contributed by atoms with Crippen LogP contribution in [-0.2, 0) is 24.1 Å². The summed E-state index contributed by atoms with van der Waals surface area (Å²) in [6, 6.07) is 7.89. The van der Waals surface area contributed by atoms with Gasteiger partial charge in [0.15, 0.2) is 0 Å². The first-order valence-corrected chi connectivity index (χ1v) is 9.40. The topological polar surface area (TPSA) is 104 Å². The average Bonchev–Trinajstić information content (AvgIpc) is 2.93. The SMILES string of the molecule is Cc1nc2c(c(=O)[nH]1)CCC(C(=O)NCCc1nc3ccccc3[nH]1)CC2. The van der Waals surface area contributed by atoms with Gasteiger partial charge in [0.1, 0.15) is 11.6 Å². The summed E-state index contributed by atoms with van der Waals surface area (Å²) >= 11 is 0. The molecule has 0 spiro atoms. The largest absolute Gasteiger partial charge is 0.355 e. The van der Waals surface area contributed by atoms with E-state index in [4.69, 9.17) is 0 Å². The number of aryl methyl sites for hydroxylation is 2. The Balaban J connectivity index is 1.33. The van der Waals surface area contributed by atoms with Crippen LogP contribution < -0.4 is 10.9 Å². The summed E-state index contributed by atoms with van der Waals surface area (Å²) in [6.07, 6.45) is 3.33. The summed E-state index contributed by atoms with van der Waals surface area (Å²) in [5.74, 6) is 1.46. The van der Waals surface area contributed by atoms with Crippen LogP contribution in [0.4, 0.5) is 0 Å². The van der Waals surface area contributed by atoms with Gasteiger partial charge >= 0.3 is 0 Å². The molecular formula is C20H23N5O2. The molecule has 0 bridgehead atoms. The number of carbonyl (C=O) groups excluding carboxylic acids is 1. The Hall–Kier alpha value is -2.96. The highest BCUT2D eigenvalue weighted by Crippen LogP contribution is 2.21. The van der Waals surface area contributed by atoms with Crippen molar-refractivity contribution in [1.82, 2.24) is 25.3 Å². The van der Waals surface area contributed by atoms with E-state index in [-0.39, 0.29) is 17.4 Å². The van der Waals surface area contributed by atoms with Crippen molar-refractivity contribution in [1.29, 1.82) is 0 Å². The summed E-state index contributed by atoms with van der Waals surface area (Å²) in [6.45, 7) is 2.33. The Morgan fingerprint density at radius 1 is 1.19 bits per heavy atom. The molecule has 0 saturated carbocycles. The highest BCUT2D eigenvalue weighted by Gasteiger charge is 2.24. The number of nitrogens with one attached hydrogen (secondary N) is 3. The molecule has 7 nitrogen and oxygen atoms in total. The van der Waals surface area contributed by atoms with Crippen molar-refractivity contribution in [2.45, 2.75) is 39.0 Å². The average molecular weight is 365 g/mol. The number of aromatic amines is 2. The number of rotatable bonds is 4. The van der Waals surface area contributed by atoms with E-state index in [1.165, 1.54) is 0 Å². The van der Waals surface area contributed by atoms with Crippen molar-refractivity contribution in [2.24, 2.45) is 5.92 Å². The van der Waals surface area contributed by atoms with E-state index in [2.05, 4.69) is 25.3 Å². The predicted octanol–water partition coefficient (Wildman–Crippen LogP) is 1.81. The molecule has 7 heteroatoms. The zero-order valence-corrected chi connectivity index (χ0v) is 15.3. The van der Waals surface area contributed by atoms with E-state index < -0.39 is 0 Å².